The van der Waals surface area contributed by atoms with Crippen LogP contribution in [0.2, 0.25) is 0 Å². The van der Waals surface area contributed by atoms with Gasteiger partial charge in [-0.1, -0.05) is 55.5 Å². The Kier molecular flexibility index (Phi) is 5.04. The molecule has 2 aromatic heterocycles. The van der Waals surface area contributed by atoms with Crippen molar-refractivity contribution in [1.29, 1.82) is 0 Å². The van der Waals surface area contributed by atoms with E-state index in [2.05, 4.69) is 11.9 Å². The SMILES string of the molecule is CCc1cccc2c(C(=O)[C@H](OC(=O)c3ccc(C)o3)c3ccccc3)c[nH]c12. The number of aryl methyl sites for hydroxylation is 2. The molecule has 1 N–H and O–H groups in total. The summed E-state index contributed by atoms with van der Waals surface area (Å²) in [4.78, 5) is 29.3. The minimum absolute atomic E-state index is 0.0726. The lowest BCUT2D eigenvalue weighted by atomic mass is 9.98. The Bertz CT molecular complexity index is 1170. The number of hydrogen-bond donors (Lipinski definition) is 1. The van der Waals surface area contributed by atoms with Crippen molar-refractivity contribution < 1.29 is 18.7 Å². The van der Waals surface area contributed by atoms with Gasteiger partial charge in [-0.3, -0.25) is 4.79 Å². The van der Waals surface area contributed by atoms with E-state index in [4.69, 9.17) is 9.15 Å². The van der Waals surface area contributed by atoms with Crippen LogP contribution in [0.25, 0.3) is 10.9 Å². The number of nitrogens with one attached hydrogen (secondary N) is 1. The fourth-order valence-electron chi connectivity index (χ4n) is 3.47. The summed E-state index contributed by atoms with van der Waals surface area (Å²) in [5.41, 5.74) is 3.15. The number of para-hydroxylation sites is 1. The van der Waals surface area contributed by atoms with Crippen LogP contribution in [0.5, 0.6) is 0 Å². The highest BCUT2D eigenvalue weighted by atomic mass is 16.6. The first-order chi connectivity index (χ1) is 14.1. The lowest BCUT2D eigenvalue weighted by Gasteiger charge is -2.16. The van der Waals surface area contributed by atoms with E-state index in [1.54, 1.807) is 37.4 Å². The first-order valence-electron chi connectivity index (χ1n) is 9.54. The van der Waals surface area contributed by atoms with Gasteiger partial charge in [0.05, 0.1) is 0 Å². The van der Waals surface area contributed by atoms with Crippen molar-refractivity contribution in [3.05, 3.63) is 95.1 Å². The van der Waals surface area contributed by atoms with E-state index in [0.29, 0.717) is 16.9 Å². The third-order valence-corrected chi connectivity index (χ3v) is 4.96. The second kappa shape index (κ2) is 7.80. The van der Waals surface area contributed by atoms with Gasteiger partial charge >= 0.3 is 5.97 Å². The molecular formula is C24H21NO4. The molecule has 5 nitrogen and oxygen atoms in total. The van der Waals surface area contributed by atoms with Crippen molar-refractivity contribution in [3.8, 4) is 0 Å². The van der Waals surface area contributed by atoms with E-state index in [9.17, 15) is 9.59 Å². The van der Waals surface area contributed by atoms with Crippen molar-refractivity contribution in [3.63, 3.8) is 0 Å². The molecule has 0 aliphatic rings. The van der Waals surface area contributed by atoms with Crippen LogP contribution in [0.3, 0.4) is 0 Å². The van der Waals surface area contributed by atoms with Crippen LogP contribution < -0.4 is 0 Å². The molecular weight excluding hydrogens is 366 g/mol. The molecule has 1 atom stereocenters. The Morgan fingerprint density at radius 1 is 1.03 bits per heavy atom. The number of hydrogen-bond acceptors (Lipinski definition) is 4. The van der Waals surface area contributed by atoms with Gasteiger partial charge in [-0.05, 0) is 31.0 Å². The number of benzene rings is 2. The van der Waals surface area contributed by atoms with Crippen molar-refractivity contribution in [1.82, 2.24) is 4.98 Å². The zero-order chi connectivity index (χ0) is 20.4. The van der Waals surface area contributed by atoms with Gasteiger partial charge in [0.2, 0.25) is 11.5 Å². The summed E-state index contributed by atoms with van der Waals surface area (Å²) >= 11 is 0. The number of H-pyrrole nitrogens is 1. The van der Waals surface area contributed by atoms with Crippen molar-refractivity contribution in [2.45, 2.75) is 26.4 Å². The summed E-state index contributed by atoms with van der Waals surface area (Å²) in [5.74, 6) is -0.284. The minimum atomic E-state index is -1.07. The molecule has 0 aliphatic carbocycles. The van der Waals surface area contributed by atoms with E-state index >= 15 is 0 Å². The maximum absolute atomic E-state index is 13.5. The zero-order valence-corrected chi connectivity index (χ0v) is 16.3. The highest BCUT2D eigenvalue weighted by Gasteiger charge is 2.29. The number of carbonyl (C=O) groups is 2. The van der Waals surface area contributed by atoms with Gasteiger partial charge in [0.15, 0.2) is 6.10 Å². The second-order valence-electron chi connectivity index (χ2n) is 6.87. The van der Waals surface area contributed by atoms with Crippen LogP contribution in [0.15, 0.2) is 71.3 Å². The summed E-state index contributed by atoms with van der Waals surface area (Å²) < 4.78 is 11.0. The van der Waals surface area contributed by atoms with Crippen molar-refractivity contribution in [2.75, 3.05) is 0 Å². The van der Waals surface area contributed by atoms with E-state index in [1.807, 2.05) is 36.4 Å². The lowest BCUT2D eigenvalue weighted by molar-refractivity contribution is 0.0250. The van der Waals surface area contributed by atoms with E-state index in [1.165, 1.54) is 0 Å². The van der Waals surface area contributed by atoms with Gasteiger partial charge < -0.3 is 14.1 Å². The molecule has 0 saturated heterocycles. The molecule has 4 rings (SSSR count). The van der Waals surface area contributed by atoms with Gasteiger partial charge in [-0.2, -0.15) is 0 Å². The molecule has 0 fully saturated rings. The standard InChI is InChI=1S/C24H21NO4/c1-3-16-10-7-11-18-19(14-25-21(16)18)22(26)23(17-8-5-4-6-9-17)29-24(27)20-13-12-15(2)28-20/h4-14,23,25H,3H2,1-2H3/t23-/m1/s1. The number of fused-ring (bicyclic) bond motifs is 1. The molecule has 2 aromatic carbocycles. The first-order valence-corrected chi connectivity index (χ1v) is 9.54. The summed E-state index contributed by atoms with van der Waals surface area (Å²) in [6.07, 6.45) is 1.46. The average molecular weight is 387 g/mol. The summed E-state index contributed by atoms with van der Waals surface area (Å²) in [7, 11) is 0. The predicted molar refractivity (Wildman–Crippen MR) is 110 cm³/mol. The van der Waals surface area contributed by atoms with Gasteiger partial charge in [0.25, 0.3) is 0 Å². The Hall–Kier alpha value is -3.60. The Morgan fingerprint density at radius 2 is 1.83 bits per heavy atom. The Morgan fingerprint density at radius 3 is 2.52 bits per heavy atom. The summed E-state index contributed by atoms with van der Waals surface area (Å²) in [6, 6.07) is 18.1. The highest BCUT2D eigenvalue weighted by Crippen LogP contribution is 2.29. The summed E-state index contributed by atoms with van der Waals surface area (Å²) in [6.45, 7) is 3.81. The molecule has 0 amide bonds. The minimum Gasteiger partial charge on any atom is -0.454 e. The van der Waals surface area contributed by atoms with Crippen molar-refractivity contribution >= 4 is 22.7 Å². The second-order valence-corrected chi connectivity index (χ2v) is 6.87. The van der Waals surface area contributed by atoms with Gasteiger partial charge in [0, 0.05) is 28.2 Å². The maximum Gasteiger partial charge on any atom is 0.375 e. The van der Waals surface area contributed by atoms with Crippen LogP contribution in [0, 0.1) is 6.92 Å². The number of Topliss-reactive ketones (excluding diaryl/α,β-unsaturated/α-hetero) is 1. The molecule has 4 aromatic rings. The highest BCUT2D eigenvalue weighted by molar-refractivity contribution is 6.11. The van der Waals surface area contributed by atoms with Crippen LogP contribution in [-0.4, -0.2) is 16.7 Å². The number of furan rings is 1. The molecule has 29 heavy (non-hydrogen) atoms. The van der Waals surface area contributed by atoms with Crippen LogP contribution in [0.4, 0.5) is 0 Å². The third-order valence-electron chi connectivity index (χ3n) is 4.96. The van der Waals surface area contributed by atoms with E-state index < -0.39 is 12.1 Å². The predicted octanol–water partition coefficient (Wildman–Crippen LogP) is 5.41. The smallest absolute Gasteiger partial charge is 0.375 e. The number of carbonyl (C=O) groups excluding carboxylic acids is 2. The number of aromatic nitrogens is 1. The fraction of sp³-hybridized carbons (Fsp3) is 0.167. The normalized spacial score (nSPS) is 12.1. The maximum atomic E-state index is 13.5. The number of ketones is 1. The third kappa shape index (κ3) is 3.59. The molecule has 0 unspecified atom stereocenters. The fourth-order valence-corrected chi connectivity index (χ4v) is 3.47. The quantitative estimate of drug-likeness (QED) is 0.354. The molecule has 0 radical (unpaired) electrons. The number of ether oxygens (including phenoxy) is 1. The molecule has 2 heterocycles. The first kappa shape index (κ1) is 18.7. The van der Waals surface area contributed by atoms with Crippen LogP contribution in [-0.2, 0) is 11.2 Å². The van der Waals surface area contributed by atoms with Crippen LogP contribution >= 0.6 is 0 Å². The van der Waals surface area contributed by atoms with Gasteiger partial charge in [0.1, 0.15) is 5.76 Å². The topological polar surface area (TPSA) is 72.3 Å². The molecule has 5 heteroatoms. The number of esters is 1. The molecule has 0 spiro atoms. The average Bonchev–Trinajstić information content (AvgIpc) is 3.38. The van der Waals surface area contributed by atoms with Gasteiger partial charge in [-0.25, -0.2) is 4.79 Å². The van der Waals surface area contributed by atoms with E-state index in [0.717, 1.165) is 22.9 Å². The Balaban J connectivity index is 1.73. The summed E-state index contributed by atoms with van der Waals surface area (Å²) in [5, 5.41) is 0.820. The van der Waals surface area contributed by atoms with Gasteiger partial charge in [-0.15, -0.1) is 0 Å². The van der Waals surface area contributed by atoms with Crippen molar-refractivity contribution in [2.24, 2.45) is 0 Å². The molecule has 146 valence electrons. The lowest BCUT2D eigenvalue weighted by Crippen LogP contribution is -2.20. The largest absolute Gasteiger partial charge is 0.454 e. The molecule has 0 bridgehead atoms. The number of aromatic amines is 1. The van der Waals surface area contributed by atoms with Crippen LogP contribution in [0.1, 0.15) is 50.8 Å². The van der Waals surface area contributed by atoms with E-state index in [-0.39, 0.29) is 11.5 Å². The Labute approximate surface area is 168 Å². The number of rotatable bonds is 6. The monoisotopic (exact) mass is 387 g/mol. The molecule has 0 aliphatic heterocycles. The molecule has 0 saturated carbocycles. The zero-order valence-electron chi connectivity index (χ0n) is 16.3.